The van der Waals surface area contributed by atoms with E-state index in [4.69, 9.17) is 0 Å². The molecular weight excluding hydrogens is 392 g/mol. The van der Waals surface area contributed by atoms with E-state index in [0.29, 0.717) is 0 Å². The Labute approximate surface area is 136 Å². The van der Waals surface area contributed by atoms with Gasteiger partial charge in [-0.05, 0) is 0 Å². The van der Waals surface area contributed by atoms with Gasteiger partial charge in [0.25, 0.3) is 0 Å². The van der Waals surface area contributed by atoms with Crippen molar-refractivity contribution in [1.82, 2.24) is 0 Å². The van der Waals surface area contributed by atoms with Gasteiger partial charge >= 0.3 is 137 Å². The molecule has 0 saturated heterocycles. The number of fused-ring (bicyclic) bond motifs is 3. The molecule has 0 spiro atoms. The molecular formula is C18H12OSTe. The SMILES string of the molecule is O=S1c2ccccc2-c2cc([Te]c3ccccc3)ccc21. The molecule has 3 heteroatoms. The first-order valence-electron chi connectivity index (χ1n) is 6.71. The fourth-order valence-corrected chi connectivity index (χ4v) is 6.42. The number of hydrogen-bond acceptors (Lipinski definition) is 1. The minimum atomic E-state index is -1.01. The number of rotatable bonds is 2. The second kappa shape index (κ2) is 5.42. The predicted octanol–water partition coefficient (Wildman–Crippen LogP) is 2.49. The molecule has 0 amide bonds. The Hall–Kier alpha value is -1.40. The Morgan fingerprint density at radius 3 is 2.24 bits per heavy atom. The topological polar surface area (TPSA) is 17.1 Å². The van der Waals surface area contributed by atoms with Gasteiger partial charge in [-0.3, -0.25) is 0 Å². The normalized spacial score (nSPS) is 15.5. The molecule has 4 rings (SSSR count). The van der Waals surface area contributed by atoms with Gasteiger partial charge in [-0.15, -0.1) is 0 Å². The van der Waals surface area contributed by atoms with Gasteiger partial charge in [0.15, 0.2) is 0 Å². The minimum absolute atomic E-state index is 0.381. The van der Waals surface area contributed by atoms with Crippen LogP contribution >= 0.6 is 0 Å². The van der Waals surface area contributed by atoms with Crippen molar-refractivity contribution in [2.75, 3.05) is 0 Å². The molecule has 1 nitrogen and oxygen atoms in total. The van der Waals surface area contributed by atoms with Crippen LogP contribution < -0.4 is 7.22 Å². The molecule has 3 aromatic rings. The fourth-order valence-electron chi connectivity index (χ4n) is 2.54. The van der Waals surface area contributed by atoms with E-state index < -0.39 is 10.8 Å². The van der Waals surface area contributed by atoms with E-state index in [-0.39, 0.29) is 20.9 Å². The van der Waals surface area contributed by atoms with E-state index >= 15 is 0 Å². The van der Waals surface area contributed by atoms with E-state index in [1.54, 1.807) is 0 Å². The Morgan fingerprint density at radius 2 is 1.38 bits per heavy atom. The molecule has 0 radical (unpaired) electrons. The van der Waals surface area contributed by atoms with E-state index in [1.807, 2.05) is 18.2 Å². The molecule has 0 bridgehead atoms. The van der Waals surface area contributed by atoms with Crippen LogP contribution in [0.5, 0.6) is 0 Å². The Kier molecular flexibility index (Phi) is 3.43. The van der Waals surface area contributed by atoms with Crippen molar-refractivity contribution in [3.63, 3.8) is 0 Å². The summed E-state index contributed by atoms with van der Waals surface area (Å²) in [6, 6.07) is 25.1. The maximum atomic E-state index is 12.5. The number of hydrogen-bond donors (Lipinski definition) is 0. The van der Waals surface area contributed by atoms with Crippen molar-refractivity contribution in [3.8, 4) is 11.1 Å². The van der Waals surface area contributed by atoms with Gasteiger partial charge in [-0.1, -0.05) is 0 Å². The summed E-state index contributed by atoms with van der Waals surface area (Å²) in [5, 5.41) is 0. The van der Waals surface area contributed by atoms with Crippen LogP contribution in [-0.2, 0) is 10.8 Å². The molecule has 0 aromatic heterocycles. The second-order valence-electron chi connectivity index (χ2n) is 4.84. The zero-order valence-corrected chi connectivity index (χ0v) is 14.3. The first-order valence-corrected chi connectivity index (χ1v) is 10.2. The van der Waals surface area contributed by atoms with Crippen LogP contribution in [0.3, 0.4) is 0 Å². The van der Waals surface area contributed by atoms with Crippen molar-refractivity contribution in [2.45, 2.75) is 9.79 Å². The monoisotopic (exact) mass is 406 g/mol. The molecule has 1 heterocycles. The van der Waals surface area contributed by atoms with Crippen LogP contribution in [0.4, 0.5) is 0 Å². The van der Waals surface area contributed by atoms with Gasteiger partial charge < -0.3 is 0 Å². The Morgan fingerprint density at radius 1 is 0.667 bits per heavy atom. The summed E-state index contributed by atoms with van der Waals surface area (Å²) in [5.74, 6) is 0. The van der Waals surface area contributed by atoms with Crippen molar-refractivity contribution in [3.05, 3.63) is 72.8 Å². The summed E-state index contributed by atoms with van der Waals surface area (Å²) in [6.45, 7) is 0. The molecule has 1 aliphatic rings. The van der Waals surface area contributed by atoms with Gasteiger partial charge in [-0.25, -0.2) is 0 Å². The van der Waals surface area contributed by atoms with Crippen LogP contribution in [0.15, 0.2) is 82.6 Å². The van der Waals surface area contributed by atoms with Crippen molar-refractivity contribution in [1.29, 1.82) is 0 Å². The third-order valence-electron chi connectivity index (χ3n) is 3.51. The molecule has 1 aliphatic heterocycles. The van der Waals surface area contributed by atoms with Crippen LogP contribution in [-0.4, -0.2) is 25.1 Å². The van der Waals surface area contributed by atoms with Gasteiger partial charge in [-0.2, -0.15) is 0 Å². The summed E-state index contributed by atoms with van der Waals surface area (Å²) in [4.78, 5) is 1.91. The Bertz CT molecular complexity index is 843. The summed E-state index contributed by atoms with van der Waals surface area (Å²) in [5.41, 5.74) is 2.29. The van der Waals surface area contributed by atoms with Crippen molar-refractivity contribution < 1.29 is 4.21 Å². The summed E-state index contributed by atoms with van der Waals surface area (Å²) in [7, 11) is -1.01. The average molecular weight is 404 g/mol. The number of benzene rings is 3. The molecule has 0 saturated carbocycles. The summed E-state index contributed by atoms with van der Waals surface area (Å²) in [6.07, 6.45) is 0. The molecule has 1 unspecified atom stereocenters. The van der Waals surface area contributed by atoms with Crippen LogP contribution in [0.1, 0.15) is 0 Å². The molecule has 1 atom stereocenters. The first kappa shape index (κ1) is 13.3. The predicted molar refractivity (Wildman–Crippen MR) is 88.0 cm³/mol. The van der Waals surface area contributed by atoms with E-state index in [2.05, 4.69) is 54.6 Å². The van der Waals surface area contributed by atoms with Gasteiger partial charge in [0.2, 0.25) is 0 Å². The van der Waals surface area contributed by atoms with Crippen LogP contribution in [0, 0.1) is 0 Å². The Balaban J connectivity index is 1.78. The first-order chi connectivity index (χ1) is 10.3. The van der Waals surface area contributed by atoms with Crippen LogP contribution in [0.2, 0.25) is 0 Å². The van der Waals surface area contributed by atoms with E-state index in [0.717, 1.165) is 20.9 Å². The third kappa shape index (κ3) is 2.36. The molecule has 0 N–H and O–H groups in total. The molecule has 102 valence electrons. The van der Waals surface area contributed by atoms with Gasteiger partial charge in [0.1, 0.15) is 0 Å². The van der Waals surface area contributed by atoms with Crippen molar-refractivity contribution in [2.24, 2.45) is 0 Å². The van der Waals surface area contributed by atoms with Gasteiger partial charge in [0.05, 0.1) is 0 Å². The summed E-state index contributed by atoms with van der Waals surface area (Å²) < 4.78 is 15.3. The quantitative estimate of drug-likeness (QED) is 0.470. The molecule has 3 aromatic carbocycles. The molecule has 21 heavy (non-hydrogen) atoms. The third-order valence-corrected chi connectivity index (χ3v) is 7.86. The average Bonchev–Trinajstić information content (AvgIpc) is 2.82. The fraction of sp³-hybridized carbons (Fsp3) is 0. The van der Waals surface area contributed by atoms with Crippen molar-refractivity contribution >= 4 is 38.9 Å². The van der Waals surface area contributed by atoms with E-state index in [9.17, 15) is 4.21 Å². The molecule has 0 aliphatic carbocycles. The zero-order valence-electron chi connectivity index (χ0n) is 11.2. The maximum absolute atomic E-state index is 12.5. The van der Waals surface area contributed by atoms with Gasteiger partial charge in [0, 0.05) is 0 Å². The standard InChI is InChI=1S/C18H12OSTe/c19-20-17-9-5-4-8-15(17)16-12-14(10-11-18(16)20)21-13-6-2-1-3-7-13/h1-12H. The second-order valence-corrected chi connectivity index (χ2v) is 9.53. The summed E-state index contributed by atoms with van der Waals surface area (Å²) >= 11 is -0.381. The zero-order chi connectivity index (χ0) is 14.2. The molecule has 0 fully saturated rings. The van der Waals surface area contributed by atoms with E-state index in [1.165, 1.54) is 7.22 Å². The van der Waals surface area contributed by atoms with Crippen LogP contribution in [0.25, 0.3) is 11.1 Å².